The van der Waals surface area contributed by atoms with Crippen molar-refractivity contribution in [1.29, 1.82) is 0 Å². The van der Waals surface area contributed by atoms with E-state index >= 15 is 0 Å². The summed E-state index contributed by atoms with van der Waals surface area (Å²) in [5.74, 6) is -1.55. The Morgan fingerprint density at radius 3 is 2.62 bits per heavy atom. The highest BCUT2D eigenvalue weighted by atomic mass is 32.1. The summed E-state index contributed by atoms with van der Waals surface area (Å²) in [7, 11) is 0. The minimum Gasteiger partial charge on any atom is -0.481 e. The maximum Gasteiger partial charge on any atom is 0.303 e. The van der Waals surface area contributed by atoms with E-state index in [0.717, 1.165) is 36.1 Å². The van der Waals surface area contributed by atoms with Gasteiger partial charge in [-0.05, 0) is 47.4 Å². The number of anilines is 1. The van der Waals surface area contributed by atoms with Gasteiger partial charge in [0.1, 0.15) is 6.04 Å². The normalized spacial score (nSPS) is 21.5. The van der Waals surface area contributed by atoms with Crippen LogP contribution < -0.4 is 5.32 Å². The van der Waals surface area contributed by atoms with Gasteiger partial charge in [-0.1, -0.05) is 25.0 Å². The lowest BCUT2D eigenvalue weighted by atomic mass is 9.79. The van der Waals surface area contributed by atoms with Gasteiger partial charge in [-0.2, -0.15) is 0 Å². The molecule has 0 radical (unpaired) electrons. The monoisotopic (exact) mass is 481 g/mol. The summed E-state index contributed by atoms with van der Waals surface area (Å²) >= 11 is 1.58. The van der Waals surface area contributed by atoms with Crippen molar-refractivity contribution in [3.63, 3.8) is 0 Å². The van der Waals surface area contributed by atoms with Crippen molar-refractivity contribution in [2.45, 2.75) is 44.6 Å². The lowest BCUT2D eigenvalue weighted by molar-refractivity contribution is -0.142. The second kappa shape index (κ2) is 8.87. The Labute approximate surface area is 201 Å². The van der Waals surface area contributed by atoms with Gasteiger partial charge in [-0.15, -0.1) is 11.3 Å². The zero-order chi connectivity index (χ0) is 23.9. The molecule has 1 aromatic heterocycles. The summed E-state index contributed by atoms with van der Waals surface area (Å²) in [4.78, 5) is 55.3. The largest absolute Gasteiger partial charge is 0.481 e. The number of carboxylic acids is 1. The van der Waals surface area contributed by atoms with Crippen LogP contribution in [0.5, 0.6) is 0 Å². The first-order valence-electron chi connectivity index (χ1n) is 11.6. The van der Waals surface area contributed by atoms with Crippen LogP contribution in [0.1, 0.15) is 48.9 Å². The van der Waals surface area contributed by atoms with Gasteiger partial charge in [0.2, 0.25) is 11.8 Å². The molecule has 0 bridgehead atoms. The van der Waals surface area contributed by atoms with Gasteiger partial charge in [0.15, 0.2) is 0 Å². The third-order valence-corrected chi connectivity index (χ3v) is 8.25. The van der Waals surface area contributed by atoms with Crippen LogP contribution in [0.25, 0.3) is 10.4 Å². The fraction of sp³-hybridized carbons (Fsp3) is 0.440. The van der Waals surface area contributed by atoms with Crippen LogP contribution in [-0.2, 0) is 14.4 Å². The lowest BCUT2D eigenvalue weighted by Gasteiger charge is -2.40. The summed E-state index contributed by atoms with van der Waals surface area (Å²) in [5.41, 5.74) is 1.35. The number of carboxylic acid groups (broad SMARTS) is 1. The molecule has 3 amide bonds. The number of fused-ring (bicyclic) bond motifs is 2. The zero-order valence-corrected chi connectivity index (χ0v) is 19.6. The van der Waals surface area contributed by atoms with E-state index in [1.54, 1.807) is 27.2 Å². The molecule has 5 rings (SSSR count). The highest BCUT2D eigenvalue weighted by molar-refractivity contribution is 7.13. The van der Waals surface area contributed by atoms with Crippen LogP contribution in [0.2, 0.25) is 0 Å². The molecule has 2 N–H and O–H groups in total. The molecule has 2 aliphatic heterocycles. The predicted molar refractivity (Wildman–Crippen MR) is 128 cm³/mol. The topological polar surface area (TPSA) is 107 Å². The van der Waals surface area contributed by atoms with E-state index in [1.807, 2.05) is 29.6 Å². The van der Waals surface area contributed by atoms with Crippen molar-refractivity contribution in [3.05, 3.63) is 41.3 Å². The second-order valence-corrected chi connectivity index (χ2v) is 10.5. The number of amides is 3. The first kappa shape index (κ1) is 22.6. The highest BCUT2D eigenvalue weighted by Crippen LogP contribution is 2.44. The summed E-state index contributed by atoms with van der Waals surface area (Å²) < 4.78 is 0. The molecule has 2 aromatic rings. The van der Waals surface area contributed by atoms with E-state index in [4.69, 9.17) is 0 Å². The second-order valence-electron chi connectivity index (χ2n) is 9.54. The highest BCUT2D eigenvalue weighted by Gasteiger charge is 2.43. The number of aliphatic carboxylic acids is 1. The standard InChI is InChI=1S/C25H27N3O5S/c29-21(13-25(14-22(30)31)7-1-2-8-25)27-9-10-28-19(15-27)23(32)26-18-6-5-16(12-17(18)24(28)33)20-4-3-11-34-20/h3-6,11-12,19H,1-2,7-10,13-15H2,(H,26,32)(H,30,31)/t19-/m0/s1. The van der Waals surface area contributed by atoms with Crippen molar-refractivity contribution in [1.82, 2.24) is 9.80 Å². The molecule has 0 spiro atoms. The molecule has 1 atom stereocenters. The van der Waals surface area contributed by atoms with Gasteiger partial charge in [0.25, 0.3) is 5.91 Å². The maximum absolute atomic E-state index is 13.4. The molecule has 3 heterocycles. The van der Waals surface area contributed by atoms with E-state index in [-0.39, 0.29) is 43.7 Å². The van der Waals surface area contributed by atoms with Crippen molar-refractivity contribution in [2.75, 3.05) is 25.0 Å². The average molecular weight is 482 g/mol. The van der Waals surface area contributed by atoms with Gasteiger partial charge < -0.3 is 20.2 Å². The predicted octanol–water partition coefficient (Wildman–Crippen LogP) is 3.45. The lowest BCUT2D eigenvalue weighted by Crippen LogP contribution is -2.59. The molecular weight excluding hydrogens is 454 g/mol. The minimum absolute atomic E-state index is 0.0109. The van der Waals surface area contributed by atoms with Crippen molar-refractivity contribution in [3.8, 4) is 10.4 Å². The number of hydrogen-bond donors (Lipinski definition) is 2. The summed E-state index contributed by atoms with van der Waals surface area (Å²) in [6.45, 7) is 0.708. The average Bonchev–Trinajstić information content (AvgIpc) is 3.49. The Balaban J connectivity index is 1.34. The van der Waals surface area contributed by atoms with E-state index in [1.165, 1.54) is 0 Å². The molecule has 8 nitrogen and oxygen atoms in total. The number of nitrogens with one attached hydrogen (secondary N) is 1. The number of thiophene rings is 1. The Kier molecular flexibility index (Phi) is 5.89. The van der Waals surface area contributed by atoms with Crippen molar-refractivity contribution < 1.29 is 24.3 Å². The van der Waals surface area contributed by atoms with E-state index in [2.05, 4.69) is 5.32 Å². The summed E-state index contributed by atoms with van der Waals surface area (Å²) in [5, 5.41) is 14.2. The molecule has 1 aromatic carbocycles. The van der Waals surface area contributed by atoms with Crippen LogP contribution >= 0.6 is 11.3 Å². The van der Waals surface area contributed by atoms with Crippen LogP contribution in [-0.4, -0.2) is 64.3 Å². The zero-order valence-electron chi connectivity index (χ0n) is 18.8. The molecule has 1 aliphatic carbocycles. The number of nitrogens with zero attached hydrogens (tertiary/aromatic N) is 2. The molecule has 34 heavy (non-hydrogen) atoms. The number of carbonyl (C=O) groups is 4. The molecule has 0 unspecified atom stereocenters. The molecule has 2 fully saturated rings. The molecule has 1 saturated carbocycles. The SMILES string of the molecule is O=C(O)CC1(CC(=O)N2CCN3C(=O)c4cc(-c5cccs5)ccc4NC(=O)[C@@H]3C2)CCCC1. The number of carbonyl (C=O) groups excluding carboxylic acids is 3. The van der Waals surface area contributed by atoms with Crippen LogP contribution in [0.15, 0.2) is 35.7 Å². The van der Waals surface area contributed by atoms with E-state index < -0.39 is 17.4 Å². The summed E-state index contributed by atoms with van der Waals surface area (Å²) in [6, 6.07) is 8.63. The van der Waals surface area contributed by atoms with Crippen molar-refractivity contribution >= 4 is 40.7 Å². The smallest absolute Gasteiger partial charge is 0.303 e. The Hall–Kier alpha value is -3.20. The number of piperazine rings is 1. The molecule has 1 saturated heterocycles. The number of benzene rings is 1. The van der Waals surface area contributed by atoms with E-state index in [0.29, 0.717) is 17.8 Å². The first-order chi connectivity index (χ1) is 16.3. The first-order valence-corrected chi connectivity index (χ1v) is 12.5. The Morgan fingerprint density at radius 1 is 1.12 bits per heavy atom. The number of hydrogen-bond acceptors (Lipinski definition) is 5. The Morgan fingerprint density at radius 2 is 1.91 bits per heavy atom. The van der Waals surface area contributed by atoms with Gasteiger partial charge in [-0.25, -0.2) is 0 Å². The van der Waals surface area contributed by atoms with Gasteiger partial charge in [0.05, 0.1) is 24.2 Å². The quantitative estimate of drug-likeness (QED) is 0.680. The molecule has 3 aliphatic rings. The third-order valence-electron chi connectivity index (χ3n) is 7.33. The molecule has 178 valence electrons. The number of rotatable bonds is 5. The Bertz CT molecular complexity index is 1140. The molecular formula is C25H27N3O5S. The van der Waals surface area contributed by atoms with Crippen LogP contribution in [0.3, 0.4) is 0 Å². The fourth-order valence-electron chi connectivity index (χ4n) is 5.57. The van der Waals surface area contributed by atoms with Crippen LogP contribution in [0, 0.1) is 5.41 Å². The minimum atomic E-state index is -0.882. The van der Waals surface area contributed by atoms with Crippen LogP contribution in [0.4, 0.5) is 5.69 Å². The maximum atomic E-state index is 13.4. The molecule has 9 heteroatoms. The fourth-order valence-corrected chi connectivity index (χ4v) is 6.29. The van der Waals surface area contributed by atoms with Crippen molar-refractivity contribution in [2.24, 2.45) is 5.41 Å². The summed E-state index contributed by atoms with van der Waals surface area (Å²) in [6.07, 6.45) is 3.48. The van der Waals surface area contributed by atoms with E-state index in [9.17, 15) is 24.3 Å². The van der Waals surface area contributed by atoms with Gasteiger partial charge >= 0.3 is 5.97 Å². The van der Waals surface area contributed by atoms with Gasteiger partial charge in [0, 0.05) is 24.4 Å². The van der Waals surface area contributed by atoms with Gasteiger partial charge in [-0.3, -0.25) is 19.2 Å². The third kappa shape index (κ3) is 4.20.